The molecule has 2 saturated carbocycles. The van der Waals surface area contributed by atoms with Crippen molar-refractivity contribution in [2.45, 2.75) is 95.5 Å². The van der Waals surface area contributed by atoms with Gasteiger partial charge in [-0.2, -0.15) is 0 Å². The van der Waals surface area contributed by atoms with Crippen LogP contribution in [0.1, 0.15) is 65.7 Å². The molecule has 3 amide bonds. The van der Waals surface area contributed by atoms with E-state index >= 15 is 0 Å². The van der Waals surface area contributed by atoms with Gasteiger partial charge in [0.25, 0.3) is 0 Å². The van der Waals surface area contributed by atoms with Crippen LogP contribution < -0.4 is 20.1 Å². The molecule has 0 unspecified atom stereocenters. The second-order valence-corrected chi connectivity index (χ2v) is 15.2. The number of carbonyl (C=O) groups excluding carboxylic acids is 3. The number of amides is 3. The summed E-state index contributed by atoms with van der Waals surface area (Å²) in [5, 5.41) is 16.3. The topological polar surface area (TPSA) is 156 Å². The van der Waals surface area contributed by atoms with Crippen molar-refractivity contribution in [2.75, 3.05) is 13.7 Å². The van der Waals surface area contributed by atoms with E-state index in [-0.39, 0.29) is 25.5 Å². The normalized spacial score (nSPS) is 23.7. The predicted octanol–water partition coefficient (Wildman–Crippen LogP) is 5.88. The van der Waals surface area contributed by atoms with Crippen LogP contribution in [-0.4, -0.2) is 82.4 Å². The molecule has 5 atom stereocenters. The molecule has 1 aromatic heterocycles. The Hall–Kier alpha value is -5.13. The van der Waals surface area contributed by atoms with Crippen LogP contribution in [0.5, 0.6) is 11.5 Å². The number of carboxylic acids is 1. The highest BCUT2D eigenvalue weighted by Gasteiger charge is 2.61. The SMILES string of the molecule is C=C[C@@H]1C[C@]1(NC(=O)[C@@H]1C[C@@H](Oc2cc(-c3ccccc3)nc3cc(OC)ccc23)CN1C(=O)[C@@H](NC(=O)OC1CCCCC1)C(C)(C)C)C(=O)O. The van der Waals surface area contributed by atoms with Crippen molar-refractivity contribution < 1.29 is 38.5 Å². The Morgan fingerprint density at radius 1 is 1.04 bits per heavy atom. The Kier molecular flexibility index (Phi) is 10.5. The minimum Gasteiger partial charge on any atom is -0.497 e. The Morgan fingerprint density at radius 3 is 2.40 bits per heavy atom. The molecule has 52 heavy (non-hydrogen) atoms. The maximum Gasteiger partial charge on any atom is 0.408 e. The quantitative estimate of drug-likeness (QED) is 0.207. The molecule has 3 N–H and O–H groups in total. The lowest BCUT2D eigenvalue weighted by Crippen LogP contribution is -2.59. The molecule has 2 aromatic carbocycles. The second-order valence-electron chi connectivity index (χ2n) is 15.2. The van der Waals surface area contributed by atoms with Crippen LogP contribution in [0.4, 0.5) is 4.79 Å². The number of alkyl carbamates (subject to hydrolysis) is 1. The number of likely N-dealkylation sites (tertiary alicyclic amines) is 1. The first-order valence-electron chi connectivity index (χ1n) is 18.0. The number of aromatic nitrogens is 1. The lowest BCUT2D eigenvalue weighted by atomic mass is 9.85. The van der Waals surface area contributed by atoms with Gasteiger partial charge in [-0.1, -0.05) is 63.6 Å². The third-order valence-corrected chi connectivity index (χ3v) is 10.4. The van der Waals surface area contributed by atoms with Gasteiger partial charge < -0.3 is 34.9 Å². The van der Waals surface area contributed by atoms with Crippen LogP contribution in [0, 0.1) is 11.3 Å². The zero-order chi connectivity index (χ0) is 37.2. The van der Waals surface area contributed by atoms with Gasteiger partial charge in [-0.15, -0.1) is 6.58 Å². The van der Waals surface area contributed by atoms with Crippen LogP contribution >= 0.6 is 0 Å². The van der Waals surface area contributed by atoms with Gasteiger partial charge in [0.1, 0.15) is 41.3 Å². The van der Waals surface area contributed by atoms with Crippen molar-refractivity contribution in [2.24, 2.45) is 11.3 Å². The van der Waals surface area contributed by atoms with Crippen molar-refractivity contribution >= 4 is 34.8 Å². The maximum absolute atomic E-state index is 14.6. The van der Waals surface area contributed by atoms with Gasteiger partial charge in [-0.3, -0.25) is 9.59 Å². The number of carbonyl (C=O) groups is 4. The fourth-order valence-corrected chi connectivity index (χ4v) is 7.33. The van der Waals surface area contributed by atoms with Gasteiger partial charge >= 0.3 is 12.1 Å². The number of nitrogens with zero attached hydrogens (tertiary/aromatic N) is 2. The van der Waals surface area contributed by atoms with E-state index in [1.54, 1.807) is 7.11 Å². The summed E-state index contributed by atoms with van der Waals surface area (Å²) in [5.74, 6) is -1.59. The lowest BCUT2D eigenvalue weighted by Gasteiger charge is -2.35. The number of ether oxygens (including phenoxy) is 3. The molecule has 0 bridgehead atoms. The van der Waals surface area contributed by atoms with Gasteiger partial charge in [0.2, 0.25) is 11.8 Å². The Labute approximate surface area is 303 Å². The average molecular weight is 713 g/mol. The molecule has 12 nitrogen and oxygen atoms in total. The van der Waals surface area contributed by atoms with Crippen LogP contribution in [0.3, 0.4) is 0 Å². The fraction of sp³-hybridized carbons (Fsp3) is 0.475. The third kappa shape index (κ3) is 7.70. The molecule has 2 aliphatic carbocycles. The number of carboxylic acid groups (broad SMARTS) is 1. The van der Waals surface area contributed by atoms with E-state index in [2.05, 4.69) is 17.2 Å². The van der Waals surface area contributed by atoms with Crippen molar-refractivity contribution in [3.05, 3.63) is 67.3 Å². The fourth-order valence-electron chi connectivity index (χ4n) is 7.33. The summed E-state index contributed by atoms with van der Waals surface area (Å²) in [4.78, 5) is 60.4. The summed E-state index contributed by atoms with van der Waals surface area (Å²) in [5.41, 5.74) is -0.0879. The number of rotatable bonds is 11. The first-order valence-corrected chi connectivity index (χ1v) is 18.0. The molecule has 2 heterocycles. The highest BCUT2D eigenvalue weighted by atomic mass is 16.6. The molecule has 12 heteroatoms. The zero-order valence-corrected chi connectivity index (χ0v) is 30.2. The van der Waals surface area contributed by atoms with Gasteiger partial charge in [0, 0.05) is 35.4 Å². The summed E-state index contributed by atoms with van der Waals surface area (Å²) in [6.07, 6.45) is 4.82. The van der Waals surface area contributed by atoms with Crippen LogP contribution in [0.2, 0.25) is 0 Å². The van der Waals surface area contributed by atoms with E-state index in [4.69, 9.17) is 19.2 Å². The summed E-state index contributed by atoms with van der Waals surface area (Å²) in [6, 6.07) is 14.8. The molecule has 3 aliphatic rings. The zero-order valence-electron chi connectivity index (χ0n) is 30.2. The average Bonchev–Trinajstić information content (AvgIpc) is 3.69. The van der Waals surface area contributed by atoms with Crippen LogP contribution in [0.25, 0.3) is 22.2 Å². The lowest BCUT2D eigenvalue weighted by molar-refractivity contribution is -0.146. The Morgan fingerprint density at radius 2 is 1.77 bits per heavy atom. The summed E-state index contributed by atoms with van der Waals surface area (Å²) >= 11 is 0. The van der Waals surface area contributed by atoms with E-state index in [1.165, 1.54) is 11.0 Å². The van der Waals surface area contributed by atoms with Gasteiger partial charge in [-0.25, -0.2) is 14.6 Å². The molecule has 3 aromatic rings. The van der Waals surface area contributed by atoms with E-state index in [0.717, 1.165) is 37.7 Å². The largest absolute Gasteiger partial charge is 0.497 e. The van der Waals surface area contributed by atoms with Crippen molar-refractivity contribution in [1.29, 1.82) is 0 Å². The summed E-state index contributed by atoms with van der Waals surface area (Å²) in [7, 11) is 1.58. The molecule has 1 saturated heterocycles. The molecule has 0 radical (unpaired) electrons. The number of aliphatic carboxylic acids is 1. The van der Waals surface area contributed by atoms with Gasteiger partial charge in [0.05, 0.1) is 24.9 Å². The van der Waals surface area contributed by atoms with E-state index in [0.29, 0.717) is 28.1 Å². The monoisotopic (exact) mass is 712 g/mol. The van der Waals surface area contributed by atoms with Gasteiger partial charge in [0.15, 0.2) is 0 Å². The predicted molar refractivity (Wildman–Crippen MR) is 195 cm³/mol. The molecular weight excluding hydrogens is 664 g/mol. The maximum atomic E-state index is 14.6. The minimum atomic E-state index is -1.50. The van der Waals surface area contributed by atoms with Crippen LogP contribution in [-0.2, 0) is 19.1 Å². The van der Waals surface area contributed by atoms with E-state index in [9.17, 15) is 24.3 Å². The number of hydrogen-bond acceptors (Lipinski definition) is 8. The summed E-state index contributed by atoms with van der Waals surface area (Å²) in [6.45, 7) is 9.22. The smallest absolute Gasteiger partial charge is 0.408 e. The number of nitrogens with one attached hydrogen (secondary N) is 2. The van der Waals surface area contributed by atoms with Crippen molar-refractivity contribution in [3.63, 3.8) is 0 Å². The Balaban J connectivity index is 1.31. The van der Waals surface area contributed by atoms with Gasteiger partial charge in [-0.05, 0) is 49.7 Å². The number of hydrogen-bond donors (Lipinski definition) is 3. The molecule has 6 rings (SSSR count). The Bertz CT molecular complexity index is 1840. The van der Waals surface area contributed by atoms with E-state index < -0.39 is 58.9 Å². The number of benzene rings is 2. The highest BCUT2D eigenvalue weighted by Crippen LogP contribution is 2.45. The second kappa shape index (κ2) is 14.8. The molecule has 1 aliphatic heterocycles. The molecule has 276 valence electrons. The number of fused-ring (bicyclic) bond motifs is 1. The third-order valence-electron chi connectivity index (χ3n) is 10.4. The molecule has 3 fully saturated rings. The van der Waals surface area contributed by atoms with Crippen molar-refractivity contribution in [3.8, 4) is 22.8 Å². The number of pyridine rings is 1. The standard InChI is InChI=1S/C40H48N4O8/c1-6-25-22-40(25,37(47)48)43-35(45)32-20-28(23-44(32)36(46)34(39(2,3)4)42-38(49)52-26-15-11-8-12-16-26)51-33-21-30(24-13-9-7-10-14-24)41-31-19-27(50-5)17-18-29(31)33/h6-7,9-10,13-14,17-19,21,25-26,28,32,34H,1,8,11-12,15-16,20,22-23H2,2-5H3,(H,42,49)(H,43,45)(H,47,48)/t25-,28-,32+,34-,40-/m1/s1. The molecular formula is C40H48N4O8. The highest BCUT2D eigenvalue weighted by molar-refractivity contribution is 5.96. The first-order chi connectivity index (χ1) is 24.8. The molecule has 0 spiro atoms. The summed E-state index contributed by atoms with van der Waals surface area (Å²) < 4.78 is 17.9. The minimum absolute atomic E-state index is 0.00839. The number of methoxy groups -OCH3 is 1. The van der Waals surface area contributed by atoms with Crippen LogP contribution in [0.15, 0.2) is 67.3 Å². The first kappa shape index (κ1) is 36.7. The van der Waals surface area contributed by atoms with E-state index in [1.807, 2.05) is 75.4 Å². The van der Waals surface area contributed by atoms with Crippen molar-refractivity contribution in [1.82, 2.24) is 20.5 Å².